The number of carbonyl (C=O) groups is 1. The van der Waals surface area contributed by atoms with Gasteiger partial charge < -0.3 is 4.74 Å². The molecular weight excluding hydrogens is 240 g/mol. The highest BCUT2D eigenvalue weighted by atomic mass is 16.5. The molecule has 1 amide bonds. The second kappa shape index (κ2) is 5.43. The number of nitrogens with one attached hydrogen (secondary N) is 1. The van der Waals surface area contributed by atoms with Crippen molar-refractivity contribution in [2.45, 2.75) is 45.3 Å². The number of rotatable bonds is 4. The molecule has 1 aromatic rings. The van der Waals surface area contributed by atoms with Crippen LogP contribution >= 0.6 is 0 Å². The van der Waals surface area contributed by atoms with Gasteiger partial charge in [-0.3, -0.25) is 10.1 Å². The van der Waals surface area contributed by atoms with Gasteiger partial charge >= 0.3 is 0 Å². The van der Waals surface area contributed by atoms with Crippen molar-refractivity contribution in [1.29, 1.82) is 0 Å². The number of amides is 1. The first-order valence-electron chi connectivity index (χ1n) is 6.74. The summed E-state index contributed by atoms with van der Waals surface area (Å²) in [6.07, 6.45) is 1.29. The van der Waals surface area contributed by atoms with Gasteiger partial charge in [-0.2, -0.15) is 0 Å². The topological polar surface area (TPSA) is 50.7 Å². The van der Waals surface area contributed by atoms with Gasteiger partial charge in [0.05, 0.1) is 6.04 Å². The van der Waals surface area contributed by atoms with Gasteiger partial charge in [-0.15, -0.1) is 0 Å². The van der Waals surface area contributed by atoms with Crippen molar-refractivity contribution < 1.29 is 9.53 Å². The summed E-state index contributed by atoms with van der Waals surface area (Å²) < 4.78 is 5.74. The van der Waals surface area contributed by atoms with Crippen LogP contribution in [0, 0.1) is 0 Å². The van der Waals surface area contributed by atoms with Crippen molar-refractivity contribution in [3.05, 3.63) is 35.9 Å². The summed E-state index contributed by atoms with van der Waals surface area (Å²) in [6, 6.07) is 10.2. The van der Waals surface area contributed by atoms with Crippen molar-refractivity contribution in [3.8, 4) is 0 Å². The van der Waals surface area contributed by atoms with Crippen molar-refractivity contribution >= 4 is 11.9 Å². The van der Waals surface area contributed by atoms with Gasteiger partial charge in [0, 0.05) is 0 Å². The lowest BCUT2D eigenvalue weighted by atomic mass is 9.97. The summed E-state index contributed by atoms with van der Waals surface area (Å²) in [5, 5.41) is 2.74. The quantitative estimate of drug-likeness (QED) is 0.905. The lowest BCUT2D eigenvalue weighted by Gasteiger charge is -2.21. The summed E-state index contributed by atoms with van der Waals surface area (Å²) in [4.78, 5) is 16.4. The van der Waals surface area contributed by atoms with Crippen molar-refractivity contribution in [1.82, 2.24) is 5.32 Å². The lowest BCUT2D eigenvalue weighted by molar-refractivity contribution is -0.131. The molecule has 4 heteroatoms. The van der Waals surface area contributed by atoms with Crippen molar-refractivity contribution in [2.75, 3.05) is 0 Å². The summed E-state index contributed by atoms with van der Waals surface area (Å²) >= 11 is 0. The molecule has 19 heavy (non-hydrogen) atoms. The maximum Gasteiger partial charge on any atom is 0.293 e. The summed E-state index contributed by atoms with van der Waals surface area (Å²) in [6.45, 7) is 5.88. The molecule has 1 saturated heterocycles. The average molecular weight is 260 g/mol. The minimum absolute atomic E-state index is 0.0407. The van der Waals surface area contributed by atoms with E-state index in [-0.39, 0.29) is 11.9 Å². The Labute approximate surface area is 113 Å². The average Bonchev–Trinajstić information content (AvgIpc) is 2.76. The van der Waals surface area contributed by atoms with Crippen LogP contribution in [0.2, 0.25) is 0 Å². The van der Waals surface area contributed by atoms with E-state index in [1.54, 1.807) is 0 Å². The molecule has 0 radical (unpaired) electrons. The fourth-order valence-corrected chi connectivity index (χ4v) is 2.22. The molecule has 1 N–H and O–H groups in total. The normalized spacial score (nSPS) is 21.0. The first-order chi connectivity index (χ1) is 9.11. The number of nitrogens with zero attached hydrogens (tertiary/aromatic N) is 1. The highest BCUT2D eigenvalue weighted by Crippen LogP contribution is 2.26. The number of hydrogen-bond donors (Lipinski definition) is 1. The summed E-state index contributed by atoms with van der Waals surface area (Å²) in [7, 11) is 0. The van der Waals surface area contributed by atoms with E-state index in [0.717, 1.165) is 5.56 Å². The SMILES string of the molecule is CCC1(CC)OC(=N[C@@H](C)c2ccccc2)NC1=O. The molecule has 0 aliphatic carbocycles. The van der Waals surface area contributed by atoms with Gasteiger partial charge in [-0.1, -0.05) is 44.2 Å². The fourth-order valence-electron chi connectivity index (χ4n) is 2.22. The van der Waals surface area contributed by atoms with E-state index in [1.807, 2.05) is 51.1 Å². The van der Waals surface area contributed by atoms with Crippen LogP contribution in [0.25, 0.3) is 0 Å². The highest BCUT2D eigenvalue weighted by molar-refractivity contribution is 6.04. The van der Waals surface area contributed by atoms with Gasteiger partial charge in [0.2, 0.25) is 0 Å². The van der Waals surface area contributed by atoms with E-state index in [1.165, 1.54) is 0 Å². The van der Waals surface area contributed by atoms with E-state index < -0.39 is 5.60 Å². The largest absolute Gasteiger partial charge is 0.448 e. The second-order valence-electron chi connectivity index (χ2n) is 4.78. The monoisotopic (exact) mass is 260 g/mol. The summed E-state index contributed by atoms with van der Waals surface area (Å²) in [5.41, 5.74) is 0.355. The zero-order valence-corrected chi connectivity index (χ0v) is 11.6. The zero-order valence-electron chi connectivity index (χ0n) is 11.6. The van der Waals surface area contributed by atoms with Crippen LogP contribution in [0.5, 0.6) is 0 Å². The number of benzene rings is 1. The Balaban J connectivity index is 2.16. The lowest BCUT2D eigenvalue weighted by Crippen LogP contribution is -2.37. The maximum atomic E-state index is 12.0. The van der Waals surface area contributed by atoms with Crippen molar-refractivity contribution in [3.63, 3.8) is 0 Å². The molecule has 0 saturated carbocycles. The van der Waals surface area contributed by atoms with Gasteiger partial charge in [-0.25, -0.2) is 4.99 Å². The van der Waals surface area contributed by atoms with E-state index in [9.17, 15) is 4.79 Å². The molecule has 1 aromatic carbocycles. The van der Waals surface area contributed by atoms with Crippen LogP contribution in [0.15, 0.2) is 35.3 Å². The number of ether oxygens (including phenoxy) is 1. The second-order valence-corrected chi connectivity index (χ2v) is 4.78. The van der Waals surface area contributed by atoms with Crippen LogP contribution in [0.1, 0.15) is 45.2 Å². The first-order valence-corrected chi connectivity index (χ1v) is 6.74. The smallest absolute Gasteiger partial charge is 0.293 e. The number of amidine groups is 1. The van der Waals surface area contributed by atoms with Gasteiger partial charge in [0.25, 0.3) is 11.9 Å². The minimum atomic E-state index is -0.741. The summed E-state index contributed by atoms with van der Waals surface area (Å²) in [5.74, 6) is -0.0866. The standard InChI is InChI=1S/C15H20N2O2/c1-4-15(5-2)13(18)17-14(19-15)16-11(3)12-9-7-6-8-10-12/h6-11H,4-5H2,1-3H3,(H,16,17,18)/t11-/m0/s1. The van der Waals surface area contributed by atoms with E-state index in [0.29, 0.717) is 18.9 Å². The Morgan fingerprint density at radius 2 is 1.89 bits per heavy atom. The van der Waals surface area contributed by atoms with Crippen LogP contribution < -0.4 is 5.32 Å². The molecule has 0 unspecified atom stereocenters. The van der Waals surface area contributed by atoms with E-state index >= 15 is 0 Å². The Kier molecular flexibility index (Phi) is 3.88. The molecule has 1 heterocycles. The fraction of sp³-hybridized carbons (Fsp3) is 0.467. The highest BCUT2D eigenvalue weighted by Gasteiger charge is 2.44. The predicted molar refractivity (Wildman–Crippen MR) is 74.8 cm³/mol. The van der Waals surface area contributed by atoms with E-state index in [2.05, 4.69) is 10.3 Å². The van der Waals surface area contributed by atoms with Crippen LogP contribution in [0.4, 0.5) is 0 Å². The molecule has 1 fully saturated rings. The molecular formula is C15H20N2O2. The molecule has 0 spiro atoms. The Bertz CT molecular complexity index is 478. The Morgan fingerprint density at radius 1 is 1.26 bits per heavy atom. The molecule has 2 rings (SSSR count). The van der Waals surface area contributed by atoms with Crippen LogP contribution in [-0.4, -0.2) is 17.5 Å². The number of carbonyl (C=O) groups excluding carboxylic acids is 1. The molecule has 0 bridgehead atoms. The third kappa shape index (κ3) is 2.62. The number of aliphatic imine (C=N–C) groups is 1. The Morgan fingerprint density at radius 3 is 2.42 bits per heavy atom. The van der Waals surface area contributed by atoms with E-state index in [4.69, 9.17) is 4.74 Å². The van der Waals surface area contributed by atoms with Gasteiger partial charge in [-0.05, 0) is 25.3 Å². The predicted octanol–water partition coefficient (Wildman–Crippen LogP) is 2.81. The molecule has 102 valence electrons. The zero-order chi connectivity index (χ0) is 13.9. The minimum Gasteiger partial charge on any atom is -0.448 e. The van der Waals surface area contributed by atoms with Crippen LogP contribution in [-0.2, 0) is 9.53 Å². The molecule has 1 aliphatic rings. The third-order valence-corrected chi connectivity index (χ3v) is 3.66. The maximum absolute atomic E-state index is 12.0. The van der Waals surface area contributed by atoms with Crippen LogP contribution in [0.3, 0.4) is 0 Å². The number of hydrogen-bond acceptors (Lipinski definition) is 3. The molecule has 1 aliphatic heterocycles. The Hall–Kier alpha value is -1.84. The first kappa shape index (κ1) is 13.6. The van der Waals surface area contributed by atoms with Gasteiger partial charge in [0.1, 0.15) is 0 Å². The third-order valence-electron chi connectivity index (χ3n) is 3.66. The van der Waals surface area contributed by atoms with Crippen molar-refractivity contribution in [2.24, 2.45) is 4.99 Å². The molecule has 1 atom stereocenters. The molecule has 4 nitrogen and oxygen atoms in total. The molecule has 0 aromatic heterocycles. The van der Waals surface area contributed by atoms with Gasteiger partial charge in [0.15, 0.2) is 5.60 Å².